The third kappa shape index (κ3) is 5.25. The van der Waals surface area contributed by atoms with Gasteiger partial charge >= 0.3 is 6.18 Å². The normalized spacial score (nSPS) is 25.3. The van der Waals surface area contributed by atoms with E-state index in [2.05, 4.69) is 5.32 Å². The highest BCUT2D eigenvalue weighted by molar-refractivity contribution is 5.76. The molecular weight excluding hydrogens is 245 g/mol. The zero-order valence-corrected chi connectivity index (χ0v) is 10.9. The van der Waals surface area contributed by atoms with Crippen molar-refractivity contribution in [3.8, 4) is 0 Å². The molecule has 18 heavy (non-hydrogen) atoms. The van der Waals surface area contributed by atoms with E-state index in [0.717, 1.165) is 6.42 Å². The first-order chi connectivity index (χ1) is 8.31. The highest BCUT2D eigenvalue weighted by Gasteiger charge is 2.32. The van der Waals surface area contributed by atoms with E-state index in [9.17, 15) is 18.0 Å². The number of carbonyl (C=O) groups is 1. The molecule has 0 aromatic rings. The molecule has 1 aliphatic rings. The molecule has 106 valence electrons. The third-order valence-corrected chi connectivity index (χ3v) is 3.07. The van der Waals surface area contributed by atoms with Crippen LogP contribution in [0.3, 0.4) is 0 Å². The highest BCUT2D eigenvalue weighted by atomic mass is 19.4. The molecule has 1 aliphatic heterocycles. The van der Waals surface area contributed by atoms with Gasteiger partial charge in [0.25, 0.3) is 0 Å². The first-order valence-corrected chi connectivity index (χ1v) is 6.39. The number of alkyl halides is 3. The summed E-state index contributed by atoms with van der Waals surface area (Å²) in [6.07, 6.45) is -2.27. The number of nitrogens with one attached hydrogen (secondary N) is 1. The lowest BCUT2D eigenvalue weighted by atomic mass is 9.95. The molecule has 1 N–H and O–H groups in total. The summed E-state index contributed by atoms with van der Waals surface area (Å²) in [5.74, 6) is 0.285. The second-order valence-electron chi connectivity index (χ2n) is 5.08. The number of carbonyl (C=O) groups excluding carboxylic acids is 1. The predicted octanol–water partition coefficient (Wildman–Crippen LogP) is 2.18. The second-order valence-corrected chi connectivity index (χ2v) is 5.08. The Balaban J connectivity index is 2.47. The van der Waals surface area contributed by atoms with E-state index in [1.807, 2.05) is 13.8 Å². The van der Waals surface area contributed by atoms with E-state index >= 15 is 0 Å². The number of likely N-dealkylation sites (tertiary alicyclic amines) is 1. The van der Waals surface area contributed by atoms with Crippen molar-refractivity contribution in [2.24, 2.45) is 5.92 Å². The topological polar surface area (TPSA) is 32.3 Å². The number of nitrogens with zero attached hydrogens (tertiary/aromatic N) is 1. The van der Waals surface area contributed by atoms with Crippen LogP contribution in [0.2, 0.25) is 0 Å². The lowest BCUT2D eigenvalue weighted by Gasteiger charge is -2.37. The first-order valence-electron chi connectivity index (χ1n) is 6.39. The molecule has 0 saturated carbocycles. The molecule has 0 spiro atoms. The lowest BCUT2D eigenvalue weighted by molar-refractivity contribution is -0.135. The van der Waals surface area contributed by atoms with Gasteiger partial charge in [0.05, 0.1) is 6.54 Å². The summed E-state index contributed by atoms with van der Waals surface area (Å²) in [5, 5.41) is 2.50. The standard InChI is InChI=1S/C12H21F3N2O/c1-3-4-11(18)17-6-9(2)5-10(7-17)16-8-12(13,14)15/h9-10,16H,3-8H2,1-2H3. The van der Waals surface area contributed by atoms with Gasteiger partial charge < -0.3 is 10.2 Å². The summed E-state index contributed by atoms with van der Waals surface area (Å²) in [6, 6.07) is -0.254. The molecule has 1 fully saturated rings. The van der Waals surface area contributed by atoms with Crippen molar-refractivity contribution >= 4 is 5.91 Å². The molecule has 0 radical (unpaired) electrons. The Bertz CT molecular complexity index is 281. The van der Waals surface area contributed by atoms with E-state index in [-0.39, 0.29) is 17.9 Å². The molecule has 1 rings (SSSR count). The Kier molecular flexibility index (Phi) is 5.44. The molecule has 1 saturated heterocycles. The second kappa shape index (κ2) is 6.41. The maximum Gasteiger partial charge on any atom is 0.401 e. The van der Waals surface area contributed by atoms with Crippen LogP contribution in [-0.2, 0) is 4.79 Å². The van der Waals surface area contributed by atoms with Crippen molar-refractivity contribution in [2.45, 2.75) is 45.3 Å². The molecular formula is C12H21F3N2O. The van der Waals surface area contributed by atoms with Crippen molar-refractivity contribution < 1.29 is 18.0 Å². The van der Waals surface area contributed by atoms with Crippen LogP contribution < -0.4 is 5.32 Å². The van der Waals surface area contributed by atoms with Crippen molar-refractivity contribution in [3.05, 3.63) is 0 Å². The van der Waals surface area contributed by atoms with E-state index in [1.165, 1.54) is 0 Å². The fourth-order valence-corrected chi connectivity index (χ4v) is 2.34. The van der Waals surface area contributed by atoms with Gasteiger partial charge in [-0.2, -0.15) is 13.2 Å². The van der Waals surface area contributed by atoms with Crippen LogP contribution in [0.1, 0.15) is 33.1 Å². The van der Waals surface area contributed by atoms with Gasteiger partial charge in [0.1, 0.15) is 0 Å². The molecule has 0 aromatic carbocycles. The predicted molar refractivity (Wildman–Crippen MR) is 63.1 cm³/mol. The van der Waals surface area contributed by atoms with Crippen LogP contribution in [-0.4, -0.2) is 42.7 Å². The minimum atomic E-state index is -4.20. The van der Waals surface area contributed by atoms with Gasteiger partial charge in [0, 0.05) is 25.6 Å². The SMILES string of the molecule is CCCC(=O)N1CC(C)CC(NCC(F)(F)F)C1. The first kappa shape index (κ1) is 15.3. The molecule has 1 amide bonds. The minimum Gasteiger partial charge on any atom is -0.341 e. The van der Waals surface area contributed by atoms with E-state index in [1.54, 1.807) is 4.90 Å². The van der Waals surface area contributed by atoms with Crippen LogP contribution in [0.25, 0.3) is 0 Å². The number of hydrogen-bond donors (Lipinski definition) is 1. The fourth-order valence-electron chi connectivity index (χ4n) is 2.34. The van der Waals surface area contributed by atoms with Gasteiger partial charge in [-0.3, -0.25) is 4.79 Å². The van der Waals surface area contributed by atoms with E-state index in [4.69, 9.17) is 0 Å². The summed E-state index contributed by atoms with van der Waals surface area (Å²) in [4.78, 5) is 13.5. The van der Waals surface area contributed by atoms with E-state index in [0.29, 0.717) is 25.9 Å². The highest BCUT2D eigenvalue weighted by Crippen LogP contribution is 2.19. The zero-order chi connectivity index (χ0) is 13.8. The molecule has 0 aromatic heterocycles. The summed E-state index contributed by atoms with van der Waals surface area (Å²) in [5.41, 5.74) is 0. The lowest BCUT2D eigenvalue weighted by Crippen LogP contribution is -2.52. The molecule has 0 aliphatic carbocycles. The Hall–Kier alpha value is -0.780. The van der Waals surface area contributed by atoms with Crippen LogP contribution in [0.4, 0.5) is 13.2 Å². The quantitative estimate of drug-likeness (QED) is 0.846. The van der Waals surface area contributed by atoms with Gasteiger partial charge in [0.2, 0.25) is 5.91 Å². The zero-order valence-electron chi connectivity index (χ0n) is 10.9. The Labute approximate surface area is 106 Å². The summed E-state index contributed by atoms with van der Waals surface area (Å²) in [6.45, 7) is 3.95. The maximum absolute atomic E-state index is 12.1. The molecule has 2 atom stereocenters. The van der Waals surface area contributed by atoms with Gasteiger partial charge in [-0.05, 0) is 18.8 Å². The van der Waals surface area contributed by atoms with Gasteiger partial charge in [-0.15, -0.1) is 0 Å². The number of hydrogen-bond acceptors (Lipinski definition) is 2. The Morgan fingerprint density at radius 3 is 2.61 bits per heavy atom. The maximum atomic E-state index is 12.1. The summed E-state index contributed by atoms with van der Waals surface area (Å²) in [7, 11) is 0. The molecule has 3 nitrogen and oxygen atoms in total. The van der Waals surface area contributed by atoms with Gasteiger partial charge in [-0.1, -0.05) is 13.8 Å². The number of rotatable bonds is 4. The van der Waals surface area contributed by atoms with E-state index < -0.39 is 12.7 Å². The molecule has 2 unspecified atom stereocenters. The Morgan fingerprint density at radius 1 is 1.39 bits per heavy atom. The molecule has 6 heteroatoms. The van der Waals surface area contributed by atoms with Crippen LogP contribution in [0, 0.1) is 5.92 Å². The minimum absolute atomic E-state index is 0.0443. The van der Waals surface area contributed by atoms with Crippen LogP contribution in [0.5, 0.6) is 0 Å². The average molecular weight is 266 g/mol. The summed E-state index contributed by atoms with van der Waals surface area (Å²) < 4.78 is 36.4. The van der Waals surface area contributed by atoms with Crippen molar-refractivity contribution in [3.63, 3.8) is 0 Å². The number of amides is 1. The Morgan fingerprint density at radius 2 is 2.06 bits per heavy atom. The molecule has 1 heterocycles. The molecule has 0 bridgehead atoms. The van der Waals surface area contributed by atoms with Crippen LogP contribution >= 0.6 is 0 Å². The third-order valence-electron chi connectivity index (χ3n) is 3.07. The largest absolute Gasteiger partial charge is 0.401 e. The smallest absolute Gasteiger partial charge is 0.341 e. The van der Waals surface area contributed by atoms with Crippen LogP contribution in [0.15, 0.2) is 0 Å². The van der Waals surface area contributed by atoms with Crippen molar-refractivity contribution in [1.82, 2.24) is 10.2 Å². The average Bonchev–Trinajstić information content (AvgIpc) is 2.25. The van der Waals surface area contributed by atoms with Gasteiger partial charge in [-0.25, -0.2) is 0 Å². The number of halogens is 3. The fraction of sp³-hybridized carbons (Fsp3) is 0.917. The van der Waals surface area contributed by atoms with Gasteiger partial charge in [0.15, 0.2) is 0 Å². The van der Waals surface area contributed by atoms with Crippen molar-refractivity contribution in [1.29, 1.82) is 0 Å². The summed E-state index contributed by atoms with van der Waals surface area (Å²) >= 11 is 0. The monoisotopic (exact) mass is 266 g/mol. The number of piperidine rings is 1. The van der Waals surface area contributed by atoms with Crippen molar-refractivity contribution in [2.75, 3.05) is 19.6 Å².